The number of anilines is 1. The van der Waals surface area contributed by atoms with E-state index < -0.39 is 0 Å². The third-order valence-corrected chi connectivity index (χ3v) is 4.20. The minimum absolute atomic E-state index is 0.124. The summed E-state index contributed by atoms with van der Waals surface area (Å²) in [5, 5.41) is 16.0. The molecule has 2 heterocycles. The zero-order chi connectivity index (χ0) is 13.9. The first-order valence-corrected chi connectivity index (χ1v) is 7.24. The van der Waals surface area contributed by atoms with Gasteiger partial charge in [-0.15, -0.1) is 0 Å². The molecule has 0 spiro atoms. The minimum Gasteiger partial charge on any atom is -0.378 e. The van der Waals surface area contributed by atoms with Crippen LogP contribution in [0, 0.1) is 11.3 Å². The number of aromatic nitrogens is 1. The highest BCUT2D eigenvalue weighted by molar-refractivity contribution is 5.55. The Bertz CT molecular complexity index is 537. The summed E-state index contributed by atoms with van der Waals surface area (Å²) >= 11 is 0. The molecule has 1 saturated heterocycles. The van der Waals surface area contributed by atoms with Gasteiger partial charge in [-0.2, -0.15) is 5.26 Å². The maximum absolute atomic E-state index is 9.34. The molecule has 106 valence electrons. The van der Waals surface area contributed by atoms with Crippen LogP contribution in [-0.4, -0.2) is 37.3 Å². The minimum atomic E-state index is 0.124. The van der Waals surface area contributed by atoms with E-state index in [1.165, 1.54) is 18.4 Å². The Morgan fingerprint density at radius 1 is 1.40 bits per heavy atom. The number of methoxy groups -OCH3 is 1. The van der Waals surface area contributed by atoms with Crippen LogP contribution in [0.4, 0.5) is 5.82 Å². The quantitative estimate of drug-likeness (QED) is 0.866. The van der Waals surface area contributed by atoms with Crippen molar-refractivity contribution >= 4 is 5.82 Å². The average molecular weight is 272 g/mol. The van der Waals surface area contributed by atoms with Crippen molar-refractivity contribution in [2.24, 2.45) is 0 Å². The van der Waals surface area contributed by atoms with E-state index in [4.69, 9.17) is 9.72 Å². The summed E-state index contributed by atoms with van der Waals surface area (Å²) < 4.78 is 5.45. The first-order valence-electron chi connectivity index (χ1n) is 7.24. The van der Waals surface area contributed by atoms with Gasteiger partial charge in [0.05, 0.1) is 17.7 Å². The number of ether oxygens (including phenoxy) is 1. The lowest BCUT2D eigenvalue weighted by molar-refractivity contribution is 0.111. The Hall–Kier alpha value is -1.64. The molecule has 1 aliphatic heterocycles. The van der Waals surface area contributed by atoms with Gasteiger partial charge in [-0.25, -0.2) is 4.98 Å². The molecule has 0 radical (unpaired) electrons. The van der Waals surface area contributed by atoms with E-state index in [0.29, 0.717) is 11.4 Å². The first kappa shape index (κ1) is 13.3. The molecule has 2 N–H and O–H groups in total. The molecule has 2 atom stereocenters. The molecule has 1 aromatic heterocycles. The van der Waals surface area contributed by atoms with Crippen LogP contribution in [0.5, 0.6) is 0 Å². The predicted octanol–water partition coefficient (Wildman–Crippen LogP) is 1.23. The van der Waals surface area contributed by atoms with E-state index in [2.05, 4.69) is 16.7 Å². The van der Waals surface area contributed by atoms with Gasteiger partial charge in [0.1, 0.15) is 11.9 Å². The van der Waals surface area contributed by atoms with Crippen molar-refractivity contribution in [2.75, 3.05) is 25.5 Å². The van der Waals surface area contributed by atoms with Crippen molar-refractivity contribution in [3.8, 4) is 6.07 Å². The van der Waals surface area contributed by atoms with Crippen LogP contribution in [0.25, 0.3) is 0 Å². The highest BCUT2D eigenvalue weighted by Gasteiger charge is 2.28. The van der Waals surface area contributed by atoms with Gasteiger partial charge in [-0.3, -0.25) is 0 Å². The topological polar surface area (TPSA) is 70.0 Å². The molecule has 0 aromatic carbocycles. The van der Waals surface area contributed by atoms with Crippen LogP contribution in [-0.2, 0) is 17.6 Å². The molecule has 1 fully saturated rings. The number of nitrogens with zero attached hydrogens (tertiary/aromatic N) is 2. The maximum atomic E-state index is 9.34. The molecule has 1 aliphatic carbocycles. The van der Waals surface area contributed by atoms with E-state index >= 15 is 0 Å². The fourth-order valence-electron chi connectivity index (χ4n) is 3.05. The summed E-state index contributed by atoms with van der Waals surface area (Å²) in [6.07, 6.45) is 4.58. The standard InChI is InChI=1S/C15H20N4O/c1-20-14-9-17-8-13(14)19-15-11(7-16)6-10-4-2-3-5-12(10)18-15/h6,13-14,17H,2-5,8-9H2,1H3,(H,18,19)/t13?,14-/m0/s1. The molecule has 5 nitrogen and oxygen atoms in total. The molecule has 5 heteroatoms. The monoisotopic (exact) mass is 272 g/mol. The van der Waals surface area contributed by atoms with E-state index in [9.17, 15) is 5.26 Å². The SMILES string of the molecule is CO[C@H]1CNCC1Nc1nc2c(cc1C#N)CCCC2. The molecule has 1 unspecified atom stereocenters. The third kappa shape index (κ3) is 2.49. The number of fused-ring (bicyclic) bond motifs is 1. The Morgan fingerprint density at radius 2 is 2.25 bits per heavy atom. The second-order valence-corrected chi connectivity index (χ2v) is 5.49. The molecule has 0 bridgehead atoms. The Morgan fingerprint density at radius 3 is 3.05 bits per heavy atom. The second kappa shape index (κ2) is 5.78. The summed E-state index contributed by atoms with van der Waals surface area (Å²) in [5.41, 5.74) is 3.04. The Kier molecular flexibility index (Phi) is 3.86. The normalized spacial score (nSPS) is 25.0. The molecule has 3 rings (SSSR count). The summed E-state index contributed by atoms with van der Waals surface area (Å²) in [6.45, 7) is 1.67. The van der Waals surface area contributed by atoms with Crippen LogP contribution in [0.3, 0.4) is 0 Å². The number of hydrogen-bond acceptors (Lipinski definition) is 5. The Balaban J connectivity index is 1.86. The van der Waals surface area contributed by atoms with Gasteiger partial charge in [0.15, 0.2) is 0 Å². The zero-order valence-electron chi connectivity index (χ0n) is 11.8. The fraction of sp³-hybridized carbons (Fsp3) is 0.600. The van der Waals surface area contributed by atoms with Gasteiger partial charge in [0.2, 0.25) is 0 Å². The van der Waals surface area contributed by atoms with E-state index in [1.807, 2.05) is 6.07 Å². The lowest BCUT2D eigenvalue weighted by Crippen LogP contribution is -2.34. The number of rotatable bonds is 3. The van der Waals surface area contributed by atoms with Crippen molar-refractivity contribution in [1.29, 1.82) is 5.26 Å². The predicted molar refractivity (Wildman–Crippen MR) is 76.7 cm³/mol. The van der Waals surface area contributed by atoms with Crippen LogP contribution >= 0.6 is 0 Å². The fourth-order valence-corrected chi connectivity index (χ4v) is 3.05. The molecule has 20 heavy (non-hydrogen) atoms. The van der Waals surface area contributed by atoms with Crippen LogP contribution in [0.2, 0.25) is 0 Å². The van der Waals surface area contributed by atoms with Crippen LogP contribution < -0.4 is 10.6 Å². The molecule has 0 saturated carbocycles. The summed E-state index contributed by atoms with van der Waals surface area (Å²) in [4.78, 5) is 4.70. The van der Waals surface area contributed by atoms with E-state index in [0.717, 1.165) is 31.6 Å². The smallest absolute Gasteiger partial charge is 0.144 e. The number of aryl methyl sites for hydroxylation is 2. The lowest BCUT2D eigenvalue weighted by atomic mass is 9.95. The maximum Gasteiger partial charge on any atom is 0.144 e. The van der Waals surface area contributed by atoms with Gasteiger partial charge in [-0.05, 0) is 37.3 Å². The van der Waals surface area contributed by atoms with Gasteiger partial charge in [-0.1, -0.05) is 0 Å². The molecule has 2 aliphatic rings. The largest absolute Gasteiger partial charge is 0.378 e. The third-order valence-electron chi connectivity index (χ3n) is 4.20. The first-order chi connectivity index (χ1) is 9.81. The van der Waals surface area contributed by atoms with Gasteiger partial charge in [0, 0.05) is 25.9 Å². The average Bonchev–Trinajstić information content (AvgIpc) is 2.93. The lowest BCUT2D eigenvalue weighted by Gasteiger charge is -2.22. The second-order valence-electron chi connectivity index (χ2n) is 5.49. The van der Waals surface area contributed by atoms with E-state index in [-0.39, 0.29) is 12.1 Å². The van der Waals surface area contributed by atoms with Crippen molar-refractivity contribution in [2.45, 2.75) is 37.8 Å². The van der Waals surface area contributed by atoms with Crippen molar-refractivity contribution in [3.63, 3.8) is 0 Å². The van der Waals surface area contributed by atoms with Crippen molar-refractivity contribution in [3.05, 3.63) is 22.9 Å². The molecular weight excluding hydrogens is 252 g/mol. The van der Waals surface area contributed by atoms with Gasteiger partial charge >= 0.3 is 0 Å². The number of hydrogen-bond donors (Lipinski definition) is 2. The summed E-state index contributed by atoms with van der Waals surface area (Å²) in [7, 11) is 1.72. The highest BCUT2D eigenvalue weighted by atomic mass is 16.5. The van der Waals surface area contributed by atoms with Crippen LogP contribution in [0.1, 0.15) is 29.7 Å². The number of pyridine rings is 1. The zero-order valence-corrected chi connectivity index (χ0v) is 11.8. The summed E-state index contributed by atoms with van der Waals surface area (Å²) in [6, 6.07) is 4.44. The Labute approximate surface area is 119 Å². The molecule has 1 aromatic rings. The van der Waals surface area contributed by atoms with E-state index in [1.54, 1.807) is 7.11 Å². The summed E-state index contributed by atoms with van der Waals surface area (Å²) in [5.74, 6) is 0.712. The molecule has 0 amide bonds. The van der Waals surface area contributed by atoms with Gasteiger partial charge < -0.3 is 15.4 Å². The van der Waals surface area contributed by atoms with Crippen LogP contribution in [0.15, 0.2) is 6.07 Å². The highest BCUT2D eigenvalue weighted by Crippen LogP contribution is 2.25. The van der Waals surface area contributed by atoms with Gasteiger partial charge in [0.25, 0.3) is 0 Å². The molecular formula is C15H20N4O. The van der Waals surface area contributed by atoms with Crippen molar-refractivity contribution in [1.82, 2.24) is 10.3 Å². The number of nitriles is 1. The van der Waals surface area contributed by atoms with Crippen molar-refractivity contribution < 1.29 is 4.74 Å². The number of nitrogens with one attached hydrogen (secondary N) is 2.